The fourth-order valence-corrected chi connectivity index (χ4v) is 1.74. The summed E-state index contributed by atoms with van der Waals surface area (Å²) in [7, 11) is 0. The molecule has 0 saturated carbocycles. The summed E-state index contributed by atoms with van der Waals surface area (Å²) in [5.41, 5.74) is 1.25. The Morgan fingerprint density at radius 1 is 1.35 bits per heavy atom. The highest BCUT2D eigenvalue weighted by molar-refractivity contribution is 9.10. The molecule has 0 atom stereocenters. The van der Waals surface area contributed by atoms with Crippen molar-refractivity contribution >= 4 is 33.0 Å². The summed E-state index contributed by atoms with van der Waals surface area (Å²) >= 11 is 3.21. The molecule has 0 heterocycles. The first-order valence-corrected chi connectivity index (χ1v) is 5.63. The van der Waals surface area contributed by atoms with Crippen molar-refractivity contribution in [3.63, 3.8) is 0 Å². The number of hydrogen-bond donors (Lipinski definition) is 1. The van der Waals surface area contributed by atoms with Crippen LogP contribution >= 0.6 is 15.9 Å². The number of rotatable bonds is 3. The molecule has 1 N–H and O–H groups in total. The number of halogens is 1. The zero-order chi connectivity index (χ0) is 12.3. The van der Waals surface area contributed by atoms with E-state index in [1.54, 1.807) is 24.3 Å². The van der Waals surface area contributed by atoms with Gasteiger partial charge >= 0.3 is 0 Å². The molecule has 2 rings (SSSR count). The fourth-order valence-electron chi connectivity index (χ4n) is 1.39. The van der Waals surface area contributed by atoms with Gasteiger partial charge in [-0.1, -0.05) is 28.1 Å². The minimum atomic E-state index is -0.417. The van der Waals surface area contributed by atoms with Crippen LogP contribution in [0, 0.1) is 16.2 Å². The zero-order valence-corrected chi connectivity index (χ0v) is 10.3. The lowest BCUT2D eigenvalue weighted by Crippen LogP contribution is -1.96. The second-order valence-electron chi connectivity index (χ2n) is 3.34. The van der Waals surface area contributed by atoms with Gasteiger partial charge in [0.15, 0.2) is 0 Å². The molecule has 85 valence electrons. The van der Waals surface area contributed by atoms with E-state index in [4.69, 9.17) is 0 Å². The molecule has 0 bridgehead atoms. The summed E-state index contributed by atoms with van der Waals surface area (Å²) in [5, 5.41) is 13.9. The fraction of sp³-hybridized carbons (Fsp3) is 0. The van der Waals surface area contributed by atoms with Crippen LogP contribution in [0.2, 0.25) is 0 Å². The molecule has 2 aromatic carbocycles. The monoisotopic (exact) mass is 291 g/mol. The van der Waals surface area contributed by atoms with Crippen LogP contribution in [0.25, 0.3) is 0 Å². The van der Waals surface area contributed by atoms with Crippen LogP contribution in [0.15, 0.2) is 46.9 Å². The van der Waals surface area contributed by atoms with E-state index in [-0.39, 0.29) is 5.69 Å². The van der Waals surface area contributed by atoms with E-state index in [0.29, 0.717) is 10.2 Å². The van der Waals surface area contributed by atoms with E-state index in [9.17, 15) is 10.1 Å². The van der Waals surface area contributed by atoms with E-state index in [2.05, 4.69) is 27.3 Å². The third-order valence-electron chi connectivity index (χ3n) is 2.14. The largest absolute Gasteiger partial charge is 0.350 e. The van der Waals surface area contributed by atoms with Crippen LogP contribution in [0.1, 0.15) is 0 Å². The minimum absolute atomic E-state index is 0.0308. The number of nitrogens with zero attached hydrogens (tertiary/aromatic N) is 1. The van der Waals surface area contributed by atoms with Crippen molar-refractivity contribution in [1.82, 2.24) is 0 Å². The van der Waals surface area contributed by atoms with Crippen LogP contribution < -0.4 is 5.32 Å². The van der Waals surface area contributed by atoms with Gasteiger partial charge in [0.25, 0.3) is 5.69 Å². The van der Waals surface area contributed by atoms with Crippen molar-refractivity contribution in [2.24, 2.45) is 0 Å². The normalized spacial score (nSPS) is 9.94. The quantitative estimate of drug-likeness (QED) is 0.689. The van der Waals surface area contributed by atoms with Gasteiger partial charge < -0.3 is 5.32 Å². The summed E-state index contributed by atoms with van der Waals surface area (Å²) < 4.78 is 0.675. The van der Waals surface area contributed by atoms with E-state index in [1.807, 2.05) is 12.1 Å². The SMILES string of the molecule is O=[N+]([O-])c1cc(Br)ccc1Nc1c[c]ccc1. The Morgan fingerprint density at radius 3 is 2.82 bits per heavy atom. The van der Waals surface area contributed by atoms with Gasteiger partial charge in [0.1, 0.15) is 5.69 Å². The molecule has 4 nitrogen and oxygen atoms in total. The van der Waals surface area contributed by atoms with Gasteiger partial charge in [0, 0.05) is 16.2 Å². The molecule has 0 aliphatic carbocycles. The van der Waals surface area contributed by atoms with Crippen molar-refractivity contribution < 1.29 is 4.92 Å². The van der Waals surface area contributed by atoms with Gasteiger partial charge in [-0.2, -0.15) is 0 Å². The van der Waals surface area contributed by atoms with Gasteiger partial charge in [-0.05, 0) is 30.3 Å². The highest BCUT2D eigenvalue weighted by atomic mass is 79.9. The molecule has 0 saturated heterocycles. The van der Waals surface area contributed by atoms with Crippen LogP contribution in [-0.2, 0) is 0 Å². The predicted octanol–water partition coefficient (Wildman–Crippen LogP) is 3.90. The van der Waals surface area contributed by atoms with Crippen LogP contribution in [0.4, 0.5) is 17.1 Å². The standard InChI is InChI=1S/C12H8BrN2O2/c13-9-6-7-11(12(8-9)15(16)17)14-10-4-2-1-3-5-10/h1-2,4-8,14H. The summed E-state index contributed by atoms with van der Waals surface area (Å²) in [6.45, 7) is 0. The Labute approximate surface area is 107 Å². The average Bonchev–Trinajstić information content (AvgIpc) is 2.32. The lowest BCUT2D eigenvalue weighted by molar-refractivity contribution is -0.384. The third kappa shape index (κ3) is 2.82. The molecule has 0 spiro atoms. The summed E-state index contributed by atoms with van der Waals surface area (Å²) in [4.78, 5) is 10.5. The molecule has 0 aliphatic rings. The number of nitro groups is 1. The highest BCUT2D eigenvalue weighted by Gasteiger charge is 2.13. The maximum atomic E-state index is 10.9. The zero-order valence-electron chi connectivity index (χ0n) is 8.68. The molecule has 0 fully saturated rings. The van der Waals surface area contributed by atoms with Gasteiger partial charge in [-0.15, -0.1) is 0 Å². The first kappa shape index (κ1) is 11.6. The van der Waals surface area contributed by atoms with Gasteiger partial charge in [-0.25, -0.2) is 0 Å². The predicted molar refractivity (Wildman–Crippen MR) is 69.4 cm³/mol. The van der Waals surface area contributed by atoms with Crippen LogP contribution in [0.3, 0.4) is 0 Å². The molecular weight excluding hydrogens is 284 g/mol. The molecule has 0 unspecified atom stereocenters. The van der Waals surface area contributed by atoms with E-state index >= 15 is 0 Å². The van der Waals surface area contributed by atoms with E-state index < -0.39 is 4.92 Å². The Kier molecular flexibility index (Phi) is 3.39. The van der Waals surface area contributed by atoms with E-state index in [0.717, 1.165) is 5.69 Å². The number of hydrogen-bond acceptors (Lipinski definition) is 3. The molecule has 0 amide bonds. The molecule has 2 aromatic rings. The second-order valence-corrected chi connectivity index (χ2v) is 4.25. The Balaban J connectivity index is 2.36. The van der Waals surface area contributed by atoms with Crippen molar-refractivity contribution in [1.29, 1.82) is 0 Å². The van der Waals surface area contributed by atoms with Crippen molar-refractivity contribution in [3.8, 4) is 0 Å². The molecule has 1 radical (unpaired) electrons. The van der Waals surface area contributed by atoms with Crippen LogP contribution in [-0.4, -0.2) is 4.92 Å². The molecular formula is C12H8BrN2O2. The Morgan fingerprint density at radius 2 is 2.18 bits per heavy atom. The first-order valence-electron chi connectivity index (χ1n) is 4.84. The number of anilines is 2. The number of nitrogens with one attached hydrogen (secondary N) is 1. The maximum absolute atomic E-state index is 10.9. The molecule has 5 heteroatoms. The minimum Gasteiger partial charge on any atom is -0.350 e. The summed E-state index contributed by atoms with van der Waals surface area (Å²) in [6, 6.07) is 14.9. The highest BCUT2D eigenvalue weighted by Crippen LogP contribution is 2.30. The third-order valence-corrected chi connectivity index (χ3v) is 2.64. The molecule has 0 aromatic heterocycles. The lowest BCUT2D eigenvalue weighted by Gasteiger charge is -2.06. The molecule has 17 heavy (non-hydrogen) atoms. The smallest absolute Gasteiger partial charge is 0.293 e. The average molecular weight is 292 g/mol. The van der Waals surface area contributed by atoms with Crippen molar-refractivity contribution in [2.75, 3.05) is 5.32 Å². The van der Waals surface area contributed by atoms with E-state index in [1.165, 1.54) is 6.07 Å². The summed E-state index contributed by atoms with van der Waals surface area (Å²) in [6.07, 6.45) is 0. The summed E-state index contributed by atoms with van der Waals surface area (Å²) in [5.74, 6) is 0. The van der Waals surface area contributed by atoms with Gasteiger partial charge in [-0.3, -0.25) is 10.1 Å². The number of benzene rings is 2. The first-order chi connectivity index (χ1) is 8.16. The maximum Gasteiger partial charge on any atom is 0.293 e. The lowest BCUT2D eigenvalue weighted by atomic mass is 10.2. The van der Waals surface area contributed by atoms with Crippen molar-refractivity contribution in [3.05, 3.63) is 63.1 Å². The Hall–Kier alpha value is -1.88. The second kappa shape index (κ2) is 4.97. The molecule has 0 aliphatic heterocycles. The van der Waals surface area contributed by atoms with Gasteiger partial charge in [0.2, 0.25) is 0 Å². The van der Waals surface area contributed by atoms with Crippen molar-refractivity contribution in [2.45, 2.75) is 0 Å². The van der Waals surface area contributed by atoms with Crippen LogP contribution in [0.5, 0.6) is 0 Å². The topological polar surface area (TPSA) is 55.2 Å². The van der Waals surface area contributed by atoms with Gasteiger partial charge in [0.05, 0.1) is 4.92 Å². The number of nitro benzene ring substituents is 1. The Bertz CT molecular complexity index is 543.